The molecule has 0 atom stereocenters. The van der Waals surface area contributed by atoms with Crippen molar-refractivity contribution < 1.29 is 0 Å². The number of nitrogens with zero attached hydrogens (tertiary/aromatic N) is 4. The fourth-order valence-corrected chi connectivity index (χ4v) is 2.81. The maximum Gasteiger partial charge on any atom is 0.164 e. The standard InChI is InChI=1S/C19H16N4/c1-14-7-5-6-10-16(14)17-18-19(21-12-20-17)23(13-22-18)11-15-8-3-2-4-9-15/h2-10,12-13H,11H2,1H3. The van der Waals surface area contributed by atoms with Crippen LogP contribution in [-0.4, -0.2) is 19.5 Å². The van der Waals surface area contributed by atoms with Gasteiger partial charge in [0.2, 0.25) is 0 Å². The van der Waals surface area contributed by atoms with Crippen molar-refractivity contribution >= 4 is 11.2 Å². The molecule has 0 aliphatic carbocycles. The van der Waals surface area contributed by atoms with E-state index in [2.05, 4.69) is 50.7 Å². The van der Waals surface area contributed by atoms with E-state index in [0.717, 1.165) is 29.0 Å². The molecular formula is C19H16N4. The minimum absolute atomic E-state index is 0.752. The van der Waals surface area contributed by atoms with Crippen LogP contribution in [0.1, 0.15) is 11.1 Å². The lowest BCUT2D eigenvalue weighted by Crippen LogP contribution is -1.99. The molecule has 0 amide bonds. The lowest BCUT2D eigenvalue weighted by molar-refractivity contribution is 0.813. The van der Waals surface area contributed by atoms with Crippen molar-refractivity contribution in [1.82, 2.24) is 19.5 Å². The molecule has 23 heavy (non-hydrogen) atoms. The van der Waals surface area contributed by atoms with E-state index in [1.165, 1.54) is 11.1 Å². The zero-order valence-electron chi connectivity index (χ0n) is 12.8. The minimum Gasteiger partial charge on any atom is -0.311 e. The number of rotatable bonds is 3. The van der Waals surface area contributed by atoms with Crippen LogP contribution in [0.2, 0.25) is 0 Å². The number of benzene rings is 2. The van der Waals surface area contributed by atoms with Gasteiger partial charge in [-0.1, -0.05) is 54.6 Å². The molecule has 0 bridgehead atoms. The van der Waals surface area contributed by atoms with Crippen molar-refractivity contribution in [1.29, 1.82) is 0 Å². The third-order valence-corrected chi connectivity index (χ3v) is 4.00. The Morgan fingerprint density at radius 2 is 1.65 bits per heavy atom. The quantitative estimate of drug-likeness (QED) is 0.577. The van der Waals surface area contributed by atoms with Gasteiger partial charge in [-0.3, -0.25) is 0 Å². The Balaban J connectivity index is 1.83. The van der Waals surface area contributed by atoms with E-state index in [1.807, 2.05) is 36.7 Å². The Morgan fingerprint density at radius 1 is 0.870 bits per heavy atom. The molecule has 0 saturated carbocycles. The zero-order valence-corrected chi connectivity index (χ0v) is 12.8. The van der Waals surface area contributed by atoms with Gasteiger partial charge in [0, 0.05) is 5.56 Å². The molecule has 0 saturated heterocycles. The number of imidazole rings is 1. The Morgan fingerprint density at radius 3 is 2.48 bits per heavy atom. The zero-order chi connectivity index (χ0) is 15.6. The van der Waals surface area contributed by atoms with E-state index in [4.69, 9.17) is 0 Å². The SMILES string of the molecule is Cc1ccccc1-c1ncnc2c1ncn2Cc1ccccc1. The van der Waals surface area contributed by atoms with Gasteiger partial charge in [-0.25, -0.2) is 15.0 Å². The molecule has 4 nitrogen and oxygen atoms in total. The average Bonchev–Trinajstić information content (AvgIpc) is 3.00. The summed E-state index contributed by atoms with van der Waals surface area (Å²) in [5.41, 5.74) is 6.11. The lowest BCUT2D eigenvalue weighted by Gasteiger charge is -2.06. The fourth-order valence-electron chi connectivity index (χ4n) is 2.81. The second-order valence-corrected chi connectivity index (χ2v) is 5.57. The van der Waals surface area contributed by atoms with Crippen LogP contribution in [-0.2, 0) is 6.54 Å². The van der Waals surface area contributed by atoms with Crippen LogP contribution in [0.5, 0.6) is 0 Å². The van der Waals surface area contributed by atoms with Gasteiger partial charge in [0.1, 0.15) is 17.5 Å². The summed E-state index contributed by atoms with van der Waals surface area (Å²) in [7, 11) is 0. The fraction of sp³-hybridized carbons (Fsp3) is 0.105. The van der Waals surface area contributed by atoms with Gasteiger partial charge < -0.3 is 4.57 Å². The largest absolute Gasteiger partial charge is 0.311 e. The molecule has 2 aromatic heterocycles. The van der Waals surface area contributed by atoms with Gasteiger partial charge in [-0.15, -0.1) is 0 Å². The van der Waals surface area contributed by atoms with Crippen molar-refractivity contribution in [2.24, 2.45) is 0 Å². The molecule has 0 radical (unpaired) electrons. The molecular weight excluding hydrogens is 284 g/mol. The van der Waals surface area contributed by atoms with Crippen molar-refractivity contribution in [3.05, 3.63) is 78.4 Å². The molecule has 4 rings (SSSR count). The molecule has 2 heterocycles. The van der Waals surface area contributed by atoms with E-state index in [9.17, 15) is 0 Å². The van der Waals surface area contributed by atoms with E-state index in [1.54, 1.807) is 6.33 Å². The van der Waals surface area contributed by atoms with Gasteiger partial charge in [-0.2, -0.15) is 0 Å². The van der Waals surface area contributed by atoms with Crippen LogP contribution < -0.4 is 0 Å². The second-order valence-electron chi connectivity index (χ2n) is 5.57. The number of aryl methyl sites for hydroxylation is 1. The Kier molecular flexibility index (Phi) is 3.35. The molecule has 4 aromatic rings. The summed E-state index contributed by atoms with van der Waals surface area (Å²) >= 11 is 0. The van der Waals surface area contributed by atoms with Crippen LogP contribution in [0.4, 0.5) is 0 Å². The highest BCUT2D eigenvalue weighted by Crippen LogP contribution is 2.26. The monoisotopic (exact) mass is 300 g/mol. The Bertz CT molecular complexity index is 957. The van der Waals surface area contributed by atoms with Crippen molar-refractivity contribution in [3.8, 4) is 11.3 Å². The normalized spacial score (nSPS) is 11.0. The number of hydrogen-bond donors (Lipinski definition) is 0. The smallest absolute Gasteiger partial charge is 0.164 e. The Labute approximate surface area is 134 Å². The van der Waals surface area contributed by atoms with Crippen LogP contribution in [0.25, 0.3) is 22.4 Å². The van der Waals surface area contributed by atoms with Crippen molar-refractivity contribution in [2.75, 3.05) is 0 Å². The topological polar surface area (TPSA) is 43.6 Å². The van der Waals surface area contributed by atoms with Crippen LogP contribution in [0.15, 0.2) is 67.3 Å². The molecule has 2 aromatic carbocycles. The average molecular weight is 300 g/mol. The first-order valence-electron chi connectivity index (χ1n) is 7.59. The van der Waals surface area contributed by atoms with Crippen LogP contribution >= 0.6 is 0 Å². The third-order valence-electron chi connectivity index (χ3n) is 4.00. The summed E-state index contributed by atoms with van der Waals surface area (Å²) < 4.78 is 2.06. The van der Waals surface area contributed by atoms with E-state index < -0.39 is 0 Å². The molecule has 112 valence electrons. The first kappa shape index (κ1) is 13.6. The molecule has 4 heteroatoms. The first-order chi connectivity index (χ1) is 11.3. The van der Waals surface area contributed by atoms with Gasteiger partial charge in [0.25, 0.3) is 0 Å². The van der Waals surface area contributed by atoms with Gasteiger partial charge in [0.05, 0.1) is 12.9 Å². The molecule has 0 unspecified atom stereocenters. The maximum absolute atomic E-state index is 4.57. The lowest BCUT2D eigenvalue weighted by atomic mass is 10.1. The van der Waals surface area contributed by atoms with Gasteiger partial charge in [0.15, 0.2) is 5.65 Å². The summed E-state index contributed by atoms with van der Waals surface area (Å²) in [5, 5.41) is 0. The highest BCUT2D eigenvalue weighted by atomic mass is 15.1. The second kappa shape index (κ2) is 5.65. The molecule has 0 fully saturated rings. The third kappa shape index (κ3) is 2.48. The van der Waals surface area contributed by atoms with Crippen molar-refractivity contribution in [3.63, 3.8) is 0 Å². The summed E-state index contributed by atoms with van der Waals surface area (Å²) in [4.78, 5) is 13.5. The number of fused-ring (bicyclic) bond motifs is 1. The highest BCUT2D eigenvalue weighted by Gasteiger charge is 2.13. The van der Waals surface area contributed by atoms with E-state index in [-0.39, 0.29) is 0 Å². The van der Waals surface area contributed by atoms with Gasteiger partial charge in [-0.05, 0) is 18.1 Å². The predicted molar refractivity (Wildman–Crippen MR) is 91.0 cm³/mol. The summed E-state index contributed by atoms with van der Waals surface area (Å²) in [6.45, 7) is 2.84. The summed E-state index contributed by atoms with van der Waals surface area (Å²) in [6, 6.07) is 18.5. The minimum atomic E-state index is 0.752. The highest BCUT2D eigenvalue weighted by molar-refractivity contribution is 5.88. The number of hydrogen-bond acceptors (Lipinski definition) is 3. The molecule has 0 N–H and O–H groups in total. The van der Waals surface area contributed by atoms with E-state index in [0.29, 0.717) is 0 Å². The van der Waals surface area contributed by atoms with E-state index >= 15 is 0 Å². The first-order valence-corrected chi connectivity index (χ1v) is 7.59. The Hall–Kier alpha value is -3.01. The molecule has 0 aliphatic rings. The van der Waals surface area contributed by atoms with Crippen LogP contribution in [0.3, 0.4) is 0 Å². The van der Waals surface area contributed by atoms with Crippen LogP contribution in [0, 0.1) is 6.92 Å². The predicted octanol–water partition coefficient (Wildman–Crippen LogP) is 3.85. The van der Waals surface area contributed by atoms with Crippen molar-refractivity contribution in [2.45, 2.75) is 13.5 Å². The number of aromatic nitrogens is 4. The summed E-state index contributed by atoms with van der Waals surface area (Å²) in [5.74, 6) is 0. The molecule has 0 aliphatic heterocycles. The maximum atomic E-state index is 4.57. The molecule has 0 spiro atoms. The van der Waals surface area contributed by atoms with Gasteiger partial charge >= 0.3 is 0 Å². The summed E-state index contributed by atoms with van der Waals surface area (Å²) in [6.07, 6.45) is 3.46.